The normalized spacial score (nSPS) is 20.0. The Morgan fingerprint density at radius 3 is 2.60 bits per heavy atom. The second-order valence-corrected chi connectivity index (χ2v) is 4.02. The van der Waals surface area contributed by atoms with Gasteiger partial charge in [-0.15, -0.1) is 0 Å². The summed E-state index contributed by atoms with van der Waals surface area (Å²) in [5.41, 5.74) is 0. The number of hydrogen-bond donors (Lipinski definition) is 0. The zero-order chi connectivity index (χ0) is 11.3. The van der Waals surface area contributed by atoms with Crippen molar-refractivity contribution < 1.29 is 14.3 Å². The first kappa shape index (κ1) is 12.2. The van der Waals surface area contributed by atoms with Crippen molar-refractivity contribution in [2.75, 3.05) is 19.6 Å². The molecular formula is C11H19NO3. The zero-order valence-electron chi connectivity index (χ0n) is 9.49. The summed E-state index contributed by atoms with van der Waals surface area (Å²) in [5.74, 6) is 0.111. The van der Waals surface area contributed by atoms with E-state index < -0.39 is 0 Å². The highest BCUT2D eigenvalue weighted by molar-refractivity contribution is 5.80. The van der Waals surface area contributed by atoms with Gasteiger partial charge in [-0.25, -0.2) is 0 Å². The quantitative estimate of drug-likeness (QED) is 0.653. The highest BCUT2D eigenvalue weighted by atomic mass is 16.5. The first-order chi connectivity index (χ1) is 7.11. The molecule has 0 aromatic carbocycles. The second kappa shape index (κ2) is 5.85. The molecule has 86 valence electrons. The molecule has 1 aliphatic heterocycles. The number of Topliss-reactive ketones (excluding diaryl/α,β-unsaturated/α-hetero) is 1. The number of piperidine rings is 1. The number of ketones is 1. The topological polar surface area (TPSA) is 46.6 Å². The minimum Gasteiger partial charge on any atom is -0.462 e. The van der Waals surface area contributed by atoms with E-state index in [4.69, 9.17) is 4.74 Å². The van der Waals surface area contributed by atoms with Crippen LogP contribution in [0.1, 0.15) is 33.1 Å². The van der Waals surface area contributed by atoms with E-state index in [0.717, 1.165) is 6.42 Å². The van der Waals surface area contributed by atoms with Crippen LogP contribution in [0.3, 0.4) is 0 Å². The van der Waals surface area contributed by atoms with Crippen LogP contribution >= 0.6 is 0 Å². The minimum absolute atomic E-state index is 0.0103. The van der Waals surface area contributed by atoms with Gasteiger partial charge in [-0.3, -0.25) is 14.5 Å². The van der Waals surface area contributed by atoms with Crippen LogP contribution in [0.25, 0.3) is 0 Å². The minimum atomic E-state index is -0.182. The molecule has 1 heterocycles. The van der Waals surface area contributed by atoms with Crippen molar-refractivity contribution in [3.8, 4) is 0 Å². The lowest BCUT2D eigenvalue weighted by atomic mass is 10.1. The summed E-state index contributed by atoms with van der Waals surface area (Å²) < 4.78 is 5.16. The fourth-order valence-electron chi connectivity index (χ4n) is 1.49. The van der Waals surface area contributed by atoms with Gasteiger partial charge in [0, 0.05) is 25.9 Å². The predicted molar refractivity (Wildman–Crippen MR) is 56.5 cm³/mol. The van der Waals surface area contributed by atoms with Gasteiger partial charge in [-0.1, -0.05) is 6.92 Å². The molecule has 1 fully saturated rings. The van der Waals surface area contributed by atoms with Crippen LogP contribution in [0.5, 0.6) is 0 Å². The fourth-order valence-corrected chi connectivity index (χ4v) is 1.49. The Morgan fingerprint density at radius 1 is 1.47 bits per heavy atom. The van der Waals surface area contributed by atoms with Gasteiger partial charge in [0.15, 0.2) is 0 Å². The SMILES string of the molecule is CCC(C)OC(=O)CN1CCC(=O)CC1. The Labute approximate surface area is 90.6 Å². The molecule has 4 nitrogen and oxygen atoms in total. The standard InChI is InChI=1S/C11H19NO3/c1-3-9(2)15-11(14)8-12-6-4-10(13)5-7-12/h9H,3-8H2,1-2H3. The molecule has 0 aromatic heterocycles. The summed E-state index contributed by atoms with van der Waals surface area (Å²) in [4.78, 5) is 24.4. The Hall–Kier alpha value is -0.900. The van der Waals surface area contributed by atoms with Crippen LogP contribution < -0.4 is 0 Å². The summed E-state index contributed by atoms with van der Waals surface area (Å²) in [6.07, 6.45) is 1.96. The van der Waals surface area contributed by atoms with Crippen molar-refractivity contribution in [1.82, 2.24) is 4.90 Å². The molecule has 0 amide bonds. The first-order valence-electron chi connectivity index (χ1n) is 5.55. The average molecular weight is 213 g/mol. The second-order valence-electron chi connectivity index (χ2n) is 4.02. The van der Waals surface area contributed by atoms with Crippen LogP contribution in [0.4, 0.5) is 0 Å². The van der Waals surface area contributed by atoms with Crippen molar-refractivity contribution in [2.45, 2.75) is 39.2 Å². The summed E-state index contributed by atoms with van der Waals surface area (Å²) in [6, 6.07) is 0. The molecule has 0 radical (unpaired) electrons. The molecule has 1 rings (SSSR count). The van der Waals surface area contributed by atoms with E-state index in [0.29, 0.717) is 38.3 Å². The Kier molecular flexibility index (Phi) is 4.75. The fraction of sp³-hybridized carbons (Fsp3) is 0.818. The Balaban J connectivity index is 2.23. The maximum atomic E-state index is 11.4. The molecule has 0 bridgehead atoms. The third-order valence-corrected chi connectivity index (χ3v) is 2.67. The van der Waals surface area contributed by atoms with E-state index >= 15 is 0 Å². The van der Waals surface area contributed by atoms with Gasteiger partial charge in [0.1, 0.15) is 5.78 Å². The highest BCUT2D eigenvalue weighted by Crippen LogP contribution is 2.06. The van der Waals surface area contributed by atoms with Crippen molar-refractivity contribution in [1.29, 1.82) is 0 Å². The maximum absolute atomic E-state index is 11.4. The van der Waals surface area contributed by atoms with Crippen molar-refractivity contribution >= 4 is 11.8 Å². The molecule has 0 N–H and O–H groups in total. The Bertz CT molecular complexity index is 230. The van der Waals surface area contributed by atoms with Gasteiger partial charge in [-0.05, 0) is 13.3 Å². The Morgan fingerprint density at radius 2 is 2.07 bits per heavy atom. The summed E-state index contributed by atoms with van der Waals surface area (Å²) in [7, 11) is 0. The van der Waals surface area contributed by atoms with Crippen LogP contribution in [-0.2, 0) is 14.3 Å². The van der Waals surface area contributed by atoms with Gasteiger partial charge >= 0.3 is 5.97 Å². The number of hydrogen-bond acceptors (Lipinski definition) is 4. The highest BCUT2D eigenvalue weighted by Gasteiger charge is 2.19. The number of carbonyl (C=O) groups excluding carboxylic acids is 2. The van der Waals surface area contributed by atoms with E-state index in [1.165, 1.54) is 0 Å². The van der Waals surface area contributed by atoms with Gasteiger partial charge < -0.3 is 4.74 Å². The lowest BCUT2D eigenvalue weighted by molar-refractivity contribution is -0.150. The summed E-state index contributed by atoms with van der Waals surface area (Å²) in [6.45, 7) is 5.57. The third kappa shape index (κ3) is 4.42. The molecule has 4 heteroatoms. The van der Waals surface area contributed by atoms with Gasteiger partial charge in [0.25, 0.3) is 0 Å². The number of esters is 1. The molecule has 15 heavy (non-hydrogen) atoms. The van der Waals surface area contributed by atoms with Crippen LogP contribution in [0, 0.1) is 0 Å². The van der Waals surface area contributed by atoms with Gasteiger partial charge in [0.2, 0.25) is 0 Å². The van der Waals surface area contributed by atoms with Crippen molar-refractivity contribution in [3.05, 3.63) is 0 Å². The van der Waals surface area contributed by atoms with Crippen LogP contribution in [0.2, 0.25) is 0 Å². The van der Waals surface area contributed by atoms with Crippen molar-refractivity contribution in [3.63, 3.8) is 0 Å². The monoisotopic (exact) mass is 213 g/mol. The van der Waals surface area contributed by atoms with Gasteiger partial charge in [0.05, 0.1) is 12.6 Å². The van der Waals surface area contributed by atoms with E-state index in [-0.39, 0.29) is 12.1 Å². The summed E-state index contributed by atoms with van der Waals surface area (Å²) >= 11 is 0. The lowest BCUT2D eigenvalue weighted by Crippen LogP contribution is -2.38. The van der Waals surface area contributed by atoms with Crippen molar-refractivity contribution in [2.24, 2.45) is 0 Å². The molecule has 0 aromatic rings. The molecule has 1 aliphatic rings. The van der Waals surface area contributed by atoms with Gasteiger partial charge in [-0.2, -0.15) is 0 Å². The number of ether oxygens (including phenoxy) is 1. The molecular weight excluding hydrogens is 194 g/mol. The van der Waals surface area contributed by atoms with E-state index in [1.807, 2.05) is 18.7 Å². The van der Waals surface area contributed by atoms with E-state index in [9.17, 15) is 9.59 Å². The molecule has 0 aliphatic carbocycles. The average Bonchev–Trinajstić information content (AvgIpc) is 2.21. The summed E-state index contributed by atoms with van der Waals surface area (Å²) in [5, 5.41) is 0. The molecule has 1 unspecified atom stereocenters. The third-order valence-electron chi connectivity index (χ3n) is 2.67. The largest absolute Gasteiger partial charge is 0.462 e. The lowest BCUT2D eigenvalue weighted by Gasteiger charge is -2.25. The number of rotatable bonds is 4. The van der Waals surface area contributed by atoms with E-state index in [2.05, 4.69) is 0 Å². The molecule has 1 saturated heterocycles. The first-order valence-corrected chi connectivity index (χ1v) is 5.55. The zero-order valence-corrected chi connectivity index (χ0v) is 9.49. The van der Waals surface area contributed by atoms with Crippen LogP contribution in [0.15, 0.2) is 0 Å². The predicted octanol–water partition coefficient (Wildman–Crippen LogP) is 0.993. The molecule has 0 spiro atoms. The molecule has 1 atom stereocenters. The van der Waals surface area contributed by atoms with E-state index in [1.54, 1.807) is 0 Å². The number of carbonyl (C=O) groups is 2. The number of likely N-dealkylation sites (tertiary alicyclic amines) is 1. The van der Waals surface area contributed by atoms with Crippen LogP contribution in [-0.4, -0.2) is 42.4 Å². The smallest absolute Gasteiger partial charge is 0.320 e. The molecule has 0 saturated carbocycles. The maximum Gasteiger partial charge on any atom is 0.320 e. The number of nitrogens with zero attached hydrogens (tertiary/aromatic N) is 1.